The van der Waals surface area contributed by atoms with Gasteiger partial charge in [0.15, 0.2) is 0 Å². The molecule has 1 fully saturated rings. The summed E-state index contributed by atoms with van der Waals surface area (Å²) in [6, 6.07) is 28.9. The molecule has 0 aliphatic carbocycles. The van der Waals surface area contributed by atoms with Crippen LogP contribution >= 0.6 is 11.8 Å². The minimum Gasteiger partial charge on any atom is -0.329 e. The van der Waals surface area contributed by atoms with E-state index in [1.54, 1.807) is 11.8 Å². The summed E-state index contributed by atoms with van der Waals surface area (Å²) in [7, 11) is 1.87. The van der Waals surface area contributed by atoms with Gasteiger partial charge >= 0.3 is 0 Å². The maximum atomic E-state index is 12.2. The smallest absolute Gasteiger partial charge is 0.233 e. The molecule has 3 aromatic carbocycles. The number of hydrogen-bond acceptors (Lipinski definition) is 3. The van der Waals surface area contributed by atoms with E-state index in [1.165, 1.54) is 11.1 Å². The predicted molar refractivity (Wildman–Crippen MR) is 122 cm³/mol. The van der Waals surface area contributed by atoms with Crippen LogP contribution in [0, 0.1) is 0 Å². The zero-order chi connectivity index (χ0) is 20.5. The van der Waals surface area contributed by atoms with Crippen molar-refractivity contribution in [1.82, 2.24) is 14.7 Å². The normalized spacial score (nSPS) is 16.2. The van der Waals surface area contributed by atoms with Gasteiger partial charge in [-0.15, -0.1) is 11.8 Å². The molecule has 1 aromatic heterocycles. The number of thioether (sulfide) groups is 1. The van der Waals surface area contributed by atoms with Gasteiger partial charge in [0.1, 0.15) is 5.37 Å². The highest BCUT2D eigenvalue weighted by molar-refractivity contribution is 8.00. The summed E-state index contributed by atoms with van der Waals surface area (Å²) < 4.78 is 1.91. The molecule has 0 saturated carbocycles. The highest BCUT2D eigenvalue weighted by Crippen LogP contribution is 2.42. The molecule has 5 rings (SSSR count). The average Bonchev–Trinajstić information content (AvgIpc) is 3.39. The van der Waals surface area contributed by atoms with E-state index >= 15 is 0 Å². The van der Waals surface area contributed by atoms with Crippen molar-refractivity contribution < 1.29 is 4.79 Å². The van der Waals surface area contributed by atoms with Crippen LogP contribution in [-0.2, 0) is 4.79 Å². The summed E-state index contributed by atoms with van der Waals surface area (Å²) >= 11 is 1.65. The monoisotopic (exact) mass is 411 g/mol. The maximum absolute atomic E-state index is 12.2. The van der Waals surface area contributed by atoms with Gasteiger partial charge in [0.25, 0.3) is 0 Å². The van der Waals surface area contributed by atoms with Crippen LogP contribution in [0.4, 0.5) is 0 Å². The van der Waals surface area contributed by atoms with Gasteiger partial charge < -0.3 is 4.90 Å². The van der Waals surface area contributed by atoms with E-state index in [0.717, 1.165) is 22.5 Å². The first-order valence-corrected chi connectivity index (χ1v) is 10.9. The molecule has 4 aromatic rings. The number of carbonyl (C=O) groups excluding carboxylic acids is 1. The molecule has 1 aliphatic rings. The van der Waals surface area contributed by atoms with Crippen molar-refractivity contribution in [3.05, 3.63) is 96.7 Å². The lowest BCUT2D eigenvalue weighted by Crippen LogP contribution is -2.23. The molecule has 1 aliphatic heterocycles. The van der Waals surface area contributed by atoms with Gasteiger partial charge in [0.05, 0.1) is 17.1 Å². The Bertz CT molecular complexity index is 1170. The first kappa shape index (κ1) is 18.7. The third-order valence-corrected chi connectivity index (χ3v) is 6.70. The number of rotatable bonds is 4. The van der Waals surface area contributed by atoms with E-state index in [0.29, 0.717) is 5.75 Å². The molecule has 0 radical (unpaired) electrons. The van der Waals surface area contributed by atoms with Crippen LogP contribution < -0.4 is 0 Å². The number of nitrogens with zero attached hydrogens (tertiary/aromatic N) is 3. The van der Waals surface area contributed by atoms with Crippen LogP contribution in [0.25, 0.3) is 28.1 Å². The molecule has 0 bridgehead atoms. The molecular formula is C25H21N3OS. The Morgan fingerprint density at radius 1 is 0.833 bits per heavy atom. The molecule has 1 saturated heterocycles. The summed E-state index contributed by atoms with van der Waals surface area (Å²) in [5, 5.41) is 4.89. The molecule has 2 heterocycles. The molecule has 148 valence electrons. The van der Waals surface area contributed by atoms with Crippen LogP contribution in [0.5, 0.6) is 0 Å². The minimum absolute atomic E-state index is 0.0289. The van der Waals surface area contributed by atoms with E-state index < -0.39 is 0 Å². The number of carbonyl (C=O) groups is 1. The van der Waals surface area contributed by atoms with Gasteiger partial charge in [-0.3, -0.25) is 4.79 Å². The Balaban J connectivity index is 1.58. The predicted octanol–water partition coefficient (Wildman–Crippen LogP) is 5.41. The molecular weight excluding hydrogens is 390 g/mol. The lowest BCUT2D eigenvalue weighted by molar-refractivity contribution is -0.126. The average molecular weight is 412 g/mol. The van der Waals surface area contributed by atoms with E-state index in [-0.39, 0.29) is 11.3 Å². The van der Waals surface area contributed by atoms with Crippen LogP contribution in [0.3, 0.4) is 0 Å². The van der Waals surface area contributed by atoms with Crippen LogP contribution in [0.2, 0.25) is 0 Å². The Morgan fingerprint density at radius 3 is 2.07 bits per heavy atom. The number of benzene rings is 3. The van der Waals surface area contributed by atoms with Gasteiger partial charge in [-0.2, -0.15) is 5.10 Å². The van der Waals surface area contributed by atoms with E-state index in [2.05, 4.69) is 42.6 Å². The largest absolute Gasteiger partial charge is 0.329 e. The van der Waals surface area contributed by atoms with Crippen molar-refractivity contribution >= 4 is 17.7 Å². The highest BCUT2D eigenvalue weighted by atomic mass is 32.2. The van der Waals surface area contributed by atoms with Crippen LogP contribution in [0.15, 0.2) is 91.1 Å². The second-order valence-electron chi connectivity index (χ2n) is 7.32. The quantitative estimate of drug-likeness (QED) is 0.451. The standard InChI is InChI=1S/C25H21N3OS/c1-27-23(29)17-30-25(27)22-16-28(21-10-6-3-7-11-21)26-24(22)20-14-12-19(13-15-20)18-8-4-2-5-9-18/h2-16,25H,17H2,1H3/t25-/m1/s1. The summed E-state index contributed by atoms with van der Waals surface area (Å²) in [6.45, 7) is 0. The SMILES string of the molecule is CN1C(=O)CS[C@@H]1c1cn(-c2ccccc2)nc1-c1ccc(-c2ccccc2)cc1. The third kappa shape index (κ3) is 3.42. The summed E-state index contributed by atoms with van der Waals surface area (Å²) in [5.41, 5.74) is 6.39. The van der Waals surface area contributed by atoms with Crippen LogP contribution in [0.1, 0.15) is 10.9 Å². The maximum Gasteiger partial charge on any atom is 0.233 e. The van der Waals surface area contributed by atoms with Crippen molar-refractivity contribution in [2.24, 2.45) is 0 Å². The first-order chi connectivity index (χ1) is 14.7. The van der Waals surface area contributed by atoms with E-state index in [4.69, 9.17) is 5.10 Å². The summed E-state index contributed by atoms with van der Waals surface area (Å²) in [4.78, 5) is 14.0. The number of hydrogen-bond donors (Lipinski definition) is 0. The second kappa shape index (κ2) is 7.84. The zero-order valence-electron chi connectivity index (χ0n) is 16.6. The molecule has 0 unspecified atom stereocenters. The molecule has 1 atom stereocenters. The third-order valence-electron chi connectivity index (χ3n) is 5.40. The molecule has 30 heavy (non-hydrogen) atoms. The lowest BCUT2D eigenvalue weighted by atomic mass is 10.0. The Kier molecular flexibility index (Phi) is 4.89. The summed E-state index contributed by atoms with van der Waals surface area (Å²) in [6.07, 6.45) is 2.06. The number of aromatic nitrogens is 2. The highest BCUT2D eigenvalue weighted by Gasteiger charge is 2.33. The lowest BCUT2D eigenvalue weighted by Gasteiger charge is -2.18. The fraction of sp³-hybridized carbons (Fsp3) is 0.120. The topological polar surface area (TPSA) is 38.1 Å². The van der Waals surface area contributed by atoms with Gasteiger partial charge in [-0.25, -0.2) is 4.68 Å². The molecule has 5 heteroatoms. The Labute approximate surface area is 180 Å². The van der Waals surface area contributed by atoms with Gasteiger partial charge in [0.2, 0.25) is 5.91 Å². The Hall–Kier alpha value is -3.31. The first-order valence-electron chi connectivity index (χ1n) is 9.89. The molecule has 0 N–H and O–H groups in total. The van der Waals surface area contributed by atoms with Gasteiger partial charge in [0, 0.05) is 24.4 Å². The molecule has 4 nitrogen and oxygen atoms in total. The summed E-state index contributed by atoms with van der Waals surface area (Å²) in [5.74, 6) is 0.659. The van der Waals surface area contributed by atoms with Crippen molar-refractivity contribution in [2.75, 3.05) is 12.8 Å². The molecule has 1 amide bonds. The fourth-order valence-electron chi connectivity index (χ4n) is 3.75. The van der Waals surface area contributed by atoms with Crippen molar-refractivity contribution in [3.8, 4) is 28.1 Å². The fourth-order valence-corrected chi connectivity index (χ4v) is 4.95. The van der Waals surface area contributed by atoms with Crippen LogP contribution in [-0.4, -0.2) is 33.4 Å². The zero-order valence-corrected chi connectivity index (χ0v) is 17.4. The Morgan fingerprint density at radius 2 is 1.43 bits per heavy atom. The number of para-hydroxylation sites is 1. The van der Waals surface area contributed by atoms with Gasteiger partial charge in [-0.05, 0) is 23.3 Å². The minimum atomic E-state index is -0.0289. The van der Waals surface area contributed by atoms with E-state index in [1.807, 2.05) is 65.2 Å². The van der Waals surface area contributed by atoms with Gasteiger partial charge in [-0.1, -0.05) is 72.8 Å². The van der Waals surface area contributed by atoms with Crippen molar-refractivity contribution in [2.45, 2.75) is 5.37 Å². The van der Waals surface area contributed by atoms with Crippen molar-refractivity contribution in [3.63, 3.8) is 0 Å². The van der Waals surface area contributed by atoms with E-state index in [9.17, 15) is 4.79 Å². The molecule has 0 spiro atoms. The van der Waals surface area contributed by atoms with Crippen molar-refractivity contribution in [1.29, 1.82) is 0 Å². The second-order valence-corrected chi connectivity index (χ2v) is 8.39. The number of amides is 1.